The number of aromatic nitrogens is 3. The van der Waals surface area contributed by atoms with Crippen molar-refractivity contribution in [2.24, 2.45) is 0 Å². The molecule has 0 fully saturated rings. The summed E-state index contributed by atoms with van der Waals surface area (Å²) in [7, 11) is 0. The largest absolute Gasteiger partial charge is 0.308 e. The van der Waals surface area contributed by atoms with Crippen LogP contribution in [0.5, 0.6) is 0 Å². The second kappa shape index (κ2) is 5.28. The summed E-state index contributed by atoms with van der Waals surface area (Å²) in [5.74, 6) is 0. The van der Waals surface area contributed by atoms with E-state index in [1.165, 1.54) is 0 Å². The molecule has 4 rings (SSSR count). The Labute approximate surface area is 132 Å². The number of benzene rings is 1. The van der Waals surface area contributed by atoms with Crippen molar-refractivity contribution >= 4 is 22.5 Å². The fourth-order valence-electron chi connectivity index (χ4n) is 2.64. The van der Waals surface area contributed by atoms with Crippen LogP contribution in [0.3, 0.4) is 0 Å². The topological polar surface area (TPSA) is 30.7 Å². The van der Waals surface area contributed by atoms with Crippen LogP contribution in [0.4, 0.5) is 0 Å². The van der Waals surface area contributed by atoms with Gasteiger partial charge in [-0.05, 0) is 48.5 Å². The third-order valence-corrected chi connectivity index (χ3v) is 3.90. The van der Waals surface area contributed by atoms with Gasteiger partial charge in [0.15, 0.2) is 0 Å². The SMILES string of the molecule is Clc1ccc(-n2c(-c3cccnc3)cc3ccncc32)cc1. The summed E-state index contributed by atoms with van der Waals surface area (Å²) in [5.41, 5.74) is 4.25. The molecule has 22 heavy (non-hydrogen) atoms. The minimum absolute atomic E-state index is 0.723. The molecule has 4 aromatic rings. The molecule has 3 heterocycles. The van der Waals surface area contributed by atoms with Gasteiger partial charge in [-0.15, -0.1) is 0 Å². The average molecular weight is 306 g/mol. The number of pyridine rings is 2. The fourth-order valence-corrected chi connectivity index (χ4v) is 2.77. The van der Waals surface area contributed by atoms with Gasteiger partial charge >= 0.3 is 0 Å². The lowest BCUT2D eigenvalue weighted by Gasteiger charge is -2.11. The van der Waals surface area contributed by atoms with E-state index in [1.807, 2.05) is 55.0 Å². The van der Waals surface area contributed by atoms with Crippen LogP contribution in [-0.4, -0.2) is 14.5 Å². The van der Waals surface area contributed by atoms with Crippen LogP contribution in [0.15, 0.2) is 73.3 Å². The molecule has 0 radical (unpaired) electrons. The second-order valence-electron chi connectivity index (χ2n) is 5.02. The van der Waals surface area contributed by atoms with Crippen LogP contribution in [0.1, 0.15) is 0 Å². The normalized spacial score (nSPS) is 11.0. The average Bonchev–Trinajstić information content (AvgIpc) is 2.96. The Morgan fingerprint density at radius 2 is 1.68 bits per heavy atom. The third kappa shape index (κ3) is 2.16. The first kappa shape index (κ1) is 13.0. The lowest BCUT2D eigenvalue weighted by Crippen LogP contribution is -1.96. The van der Waals surface area contributed by atoms with E-state index >= 15 is 0 Å². The quantitative estimate of drug-likeness (QED) is 0.535. The number of hydrogen-bond acceptors (Lipinski definition) is 2. The zero-order chi connectivity index (χ0) is 14.9. The molecule has 0 saturated carbocycles. The highest BCUT2D eigenvalue weighted by atomic mass is 35.5. The molecule has 0 spiro atoms. The summed E-state index contributed by atoms with van der Waals surface area (Å²) in [4.78, 5) is 8.49. The van der Waals surface area contributed by atoms with Gasteiger partial charge in [0.05, 0.1) is 17.4 Å². The molecule has 4 heteroatoms. The molecule has 0 unspecified atom stereocenters. The Hall–Kier alpha value is -2.65. The number of nitrogens with zero attached hydrogens (tertiary/aromatic N) is 3. The molecule has 3 aromatic heterocycles. The molecule has 0 aliphatic rings. The van der Waals surface area contributed by atoms with E-state index in [0.29, 0.717) is 0 Å². The zero-order valence-corrected chi connectivity index (χ0v) is 12.4. The smallest absolute Gasteiger partial charge is 0.0718 e. The maximum absolute atomic E-state index is 6.02. The van der Waals surface area contributed by atoms with Crippen molar-refractivity contribution in [1.29, 1.82) is 0 Å². The van der Waals surface area contributed by atoms with Gasteiger partial charge < -0.3 is 4.57 Å². The number of rotatable bonds is 2. The maximum atomic E-state index is 6.02. The van der Waals surface area contributed by atoms with Crippen LogP contribution in [0.25, 0.3) is 27.8 Å². The van der Waals surface area contributed by atoms with Crippen LogP contribution in [0.2, 0.25) is 5.02 Å². The predicted molar refractivity (Wildman–Crippen MR) is 89.3 cm³/mol. The number of halogens is 1. The number of hydrogen-bond donors (Lipinski definition) is 0. The fraction of sp³-hybridized carbons (Fsp3) is 0. The van der Waals surface area contributed by atoms with Gasteiger partial charge in [-0.1, -0.05) is 11.6 Å². The lowest BCUT2D eigenvalue weighted by atomic mass is 10.2. The molecule has 0 aliphatic carbocycles. The van der Waals surface area contributed by atoms with Gasteiger partial charge in [-0.25, -0.2) is 0 Å². The Kier molecular flexibility index (Phi) is 3.13. The Morgan fingerprint density at radius 3 is 2.45 bits per heavy atom. The monoisotopic (exact) mass is 305 g/mol. The van der Waals surface area contributed by atoms with Crippen LogP contribution in [-0.2, 0) is 0 Å². The summed E-state index contributed by atoms with van der Waals surface area (Å²) >= 11 is 6.02. The van der Waals surface area contributed by atoms with E-state index in [9.17, 15) is 0 Å². The molecule has 0 bridgehead atoms. The van der Waals surface area contributed by atoms with Crippen LogP contribution in [0, 0.1) is 0 Å². The van der Waals surface area contributed by atoms with Crippen molar-refractivity contribution in [2.75, 3.05) is 0 Å². The first-order valence-corrected chi connectivity index (χ1v) is 7.32. The standard InChI is InChI=1S/C18H12ClN3/c19-15-3-5-16(6-4-15)22-17(14-2-1-8-20-11-14)10-13-7-9-21-12-18(13)22/h1-12H. The molecule has 1 aromatic carbocycles. The summed E-state index contributed by atoms with van der Waals surface area (Å²) in [5, 5.41) is 1.87. The second-order valence-corrected chi connectivity index (χ2v) is 5.45. The highest BCUT2D eigenvalue weighted by Crippen LogP contribution is 2.31. The minimum atomic E-state index is 0.723. The highest BCUT2D eigenvalue weighted by molar-refractivity contribution is 6.30. The van der Waals surface area contributed by atoms with Crippen molar-refractivity contribution in [3.05, 3.63) is 78.3 Å². The van der Waals surface area contributed by atoms with E-state index in [1.54, 1.807) is 6.20 Å². The van der Waals surface area contributed by atoms with Crippen molar-refractivity contribution < 1.29 is 0 Å². The third-order valence-electron chi connectivity index (χ3n) is 3.65. The molecule has 106 valence electrons. The summed E-state index contributed by atoms with van der Waals surface area (Å²) in [6.45, 7) is 0. The lowest BCUT2D eigenvalue weighted by molar-refractivity contribution is 1.12. The molecule has 0 N–H and O–H groups in total. The molecule has 0 aliphatic heterocycles. The van der Waals surface area contributed by atoms with E-state index in [-0.39, 0.29) is 0 Å². The maximum Gasteiger partial charge on any atom is 0.0718 e. The molecule has 0 amide bonds. The summed E-state index contributed by atoms with van der Waals surface area (Å²) in [6, 6.07) is 16.0. The van der Waals surface area contributed by atoms with E-state index in [4.69, 9.17) is 11.6 Å². The Balaban J connectivity index is 2.04. The first-order valence-electron chi connectivity index (χ1n) is 6.95. The minimum Gasteiger partial charge on any atom is -0.308 e. The highest BCUT2D eigenvalue weighted by Gasteiger charge is 2.12. The van der Waals surface area contributed by atoms with Crippen LogP contribution < -0.4 is 0 Å². The van der Waals surface area contributed by atoms with Gasteiger partial charge in [-0.3, -0.25) is 9.97 Å². The van der Waals surface area contributed by atoms with E-state index < -0.39 is 0 Å². The predicted octanol–water partition coefficient (Wildman–Crippen LogP) is 4.74. The van der Waals surface area contributed by atoms with Crippen molar-refractivity contribution in [3.8, 4) is 16.9 Å². The summed E-state index contributed by atoms with van der Waals surface area (Å²) < 4.78 is 2.18. The van der Waals surface area contributed by atoms with Crippen molar-refractivity contribution in [2.45, 2.75) is 0 Å². The number of fused-ring (bicyclic) bond motifs is 1. The van der Waals surface area contributed by atoms with Gasteiger partial charge in [0, 0.05) is 40.3 Å². The first-order chi connectivity index (χ1) is 10.8. The summed E-state index contributed by atoms with van der Waals surface area (Å²) in [6.07, 6.45) is 7.33. The van der Waals surface area contributed by atoms with Gasteiger partial charge in [0.25, 0.3) is 0 Å². The van der Waals surface area contributed by atoms with Gasteiger partial charge in [0.2, 0.25) is 0 Å². The Morgan fingerprint density at radius 1 is 0.864 bits per heavy atom. The van der Waals surface area contributed by atoms with Gasteiger partial charge in [-0.2, -0.15) is 0 Å². The van der Waals surface area contributed by atoms with E-state index in [2.05, 4.69) is 26.7 Å². The molecule has 3 nitrogen and oxygen atoms in total. The van der Waals surface area contributed by atoms with Crippen molar-refractivity contribution in [3.63, 3.8) is 0 Å². The Bertz CT molecular complexity index is 928. The molecule has 0 saturated heterocycles. The van der Waals surface area contributed by atoms with Crippen LogP contribution >= 0.6 is 11.6 Å². The van der Waals surface area contributed by atoms with Crippen molar-refractivity contribution in [1.82, 2.24) is 14.5 Å². The van der Waals surface area contributed by atoms with E-state index in [0.717, 1.165) is 32.9 Å². The molecular weight excluding hydrogens is 294 g/mol. The molecular formula is C18H12ClN3. The molecule has 0 atom stereocenters. The van der Waals surface area contributed by atoms with Gasteiger partial charge in [0.1, 0.15) is 0 Å². The zero-order valence-electron chi connectivity index (χ0n) is 11.6.